The Kier molecular flexibility index (Phi) is 3.05. The van der Waals surface area contributed by atoms with Gasteiger partial charge in [-0.05, 0) is 37.1 Å². The zero-order valence-corrected chi connectivity index (χ0v) is 13.7. The number of benzene rings is 2. The maximum absolute atomic E-state index is 13.0. The molecule has 4 amide bonds. The predicted molar refractivity (Wildman–Crippen MR) is 90.1 cm³/mol. The highest BCUT2D eigenvalue weighted by Crippen LogP contribution is 2.36. The lowest BCUT2D eigenvalue weighted by atomic mass is 9.86. The first kappa shape index (κ1) is 15.2. The fourth-order valence-corrected chi connectivity index (χ4v) is 4.01. The first-order valence-electron chi connectivity index (χ1n) is 8.49. The molecular formula is C19H14N2O5. The number of carbonyl (C=O) groups excluding carboxylic acids is 4. The van der Waals surface area contributed by atoms with Gasteiger partial charge >= 0.3 is 0 Å². The standard InChI is InChI=1S/C19H14N2O5/c22-16-10-3-5-12-15-13(6-4-11(14(10)15)17(23)20-16)19(25)21(18(12)24)8-9-2-1-7-26-9/h3-6,9H,1-2,7-8H2,(H,20,22,23)/t9-/m0/s1. The summed E-state index contributed by atoms with van der Waals surface area (Å²) in [5.41, 5.74) is 1.27. The number of hydrogen-bond acceptors (Lipinski definition) is 5. The zero-order valence-electron chi connectivity index (χ0n) is 13.7. The summed E-state index contributed by atoms with van der Waals surface area (Å²) in [6, 6.07) is 6.17. The second kappa shape index (κ2) is 5.22. The van der Waals surface area contributed by atoms with E-state index in [0.29, 0.717) is 39.6 Å². The van der Waals surface area contributed by atoms with E-state index in [9.17, 15) is 19.2 Å². The highest BCUT2D eigenvalue weighted by Gasteiger charge is 2.38. The Bertz CT molecular complexity index is 967. The van der Waals surface area contributed by atoms with Crippen LogP contribution in [0.5, 0.6) is 0 Å². The van der Waals surface area contributed by atoms with Crippen molar-refractivity contribution in [1.82, 2.24) is 10.2 Å². The molecule has 7 nitrogen and oxygen atoms in total. The molecule has 0 bridgehead atoms. The summed E-state index contributed by atoms with van der Waals surface area (Å²) in [4.78, 5) is 51.4. The van der Waals surface area contributed by atoms with Crippen LogP contribution in [0.15, 0.2) is 24.3 Å². The van der Waals surface area contributed by atoms with Gasteiger partial charge in [-0.3, -0.25) is 29.4 Å². The van der Waals surface area contributed by atoms with E-state index in [2.05, 4.69) is 5.32 Å². The minimum atomic E-state index is -0.520. The molecule has 0 aromatic heterocycles. The smallest absolute Gasteiger partial charge is 0.261 e. The molecule has 3 aliphatic rings. The molecule has 1 N–H and O–H groups in total. The quantitative estimate of drug-likeness (QED) is 0.829. The van der Waals surface area contributed by atoms with Crippen LogP contribution in [0.3, 0.4) is 0 Å². The fraction of sp³-hybridized carbons (Fsp3) is 0.263. The Morgan fingerprint density at radius 1 is 0.885 bits per heavy atom. The van der Waals surface area contributed by atoms with Gasteiger partial charge in [-0.15, -0.1) is 0 Å². The number of hydrogen-bond donors (Lipinski definition) is 1. The largest absolute Gasteiger partial charge is 0.376 e. The Balaban J connectivity index is 1.71. The highest BCUT2D eigenvalue weighted by molar-refractivity contribution is 6.33. The number of ether oxygens (including phenoxy) is 1. The van der Waals surface area contributed by atoms with E-state index in [-0.39, 0.29) is 12.6 Å². The second-order valence-corrected chi connectivity index (χ2v) is 6.71. The number of amides is 4. The molecule has 3 aliphatic heterocycles. The molecule has 1 fully saturated rings. The first-order chi connectivity index (χ1) is 12.6. The summed E-state index contributed by atoms with van der Waals surface area (Å²) in [5.74, 6) is -1.87. The molecule has 1 saturated heterocycles. The monoisotopic (exact) mass is 350 g/mol. The Morgan fingerprint density at radius 3 is 1.96 bits per heavy atom. The van der Waals surface area contributed by atoms with Gasteiger partial charge in [0.2, 0.25) is 0 Å². The molecule has 0 aliphatic carbocycles. The average Bonchev–Trinajstić information content (AvgIpc) is 3.14. The van der Waals surface area contributed by atoms with Crippen molar-refractivity contribution in [3.63, 3.8) is 0 Å². The van der Waals surface area contributed by atoms with Crippen LogP contribution in [0.1, 0.15) is 54.3 Å². The van der Waals surface area contributed by atoms with E-state index in [0.717, 1.165) is 12.8 Å². The average molecular weight is 350 g/mol. The van der Waals surface area contributed by atoms with E-state index in [1.165, 1.54) is 17.0 Å². The number of rotatable bonds is 2. The van der Waals surface area contributed by atoms with Crippen LogP contribution in [0.25, 0.3) is 10.8 Å². The lowest BCUT2D eigenvalue weighted by Crippen LogP contribution is -2.45. The van der Waals surface area contributed by atoms with Crippen molar-refractivity contribution >= 4 is 34.4 Å². The van der Waals surface area contributed by atoms with Gasteiger partial charge in [0, 0.05) is 39.6 Å². The molecule has 0 spiro atoms. The lowest BCUT2D eigenvalue weighted by molar-refractivity contribution is 0.0437. The van der Waals surface area contributed by atoms with E-state index < -0.39 is 23.6 Å². The van der Waals surface area contributed by atoms with Gasteiger partial charge in [-0.2, -0.15) is 0 Å². The van der Waals surface area contributed by atoms with Gasteiger partial charge in [0.05, 0.1) is 12.6 Å². The zero-order chi connectivity index (χ0) is 18.0. The molecule has 26 heavy (non-hydrogen) atoms. The summed E-state index contributed by atoms with van der Waals surface area (Å²) >= 11 is 0. The molecule has 130 valence electrons. The van der Waals surface area contributed by atoms with Crippen molar-refractivity contribution in [3.05, 3.63) is 46.5 Å². The summed E-state index contributed by atoms with van der Waals surface area (Å²) in [7, 11) is 0. The van der Waals surface area contributed by atoms with Crippen LogP contribution < -0.4 is 5.32 Å². The number of carbonyl (C=O) groups is 4. The van der Waals surface area contributed by atoms with E-state index in [1.807, 2.05) is 0 Å². The Hall–Kier alpha value is -3.06. The van der Waals surface area contributed by atoms with E-state index in [1.54, 1.807) is 12.1 Å². The third-order valence-electron chi connectivity index (χ3n) is 5.24. The molecular weight excluding hydrogens is 336 g/mol. The normalized spacial score (nSPS) is 21.5. The molecule has 0 unspecified atom stereocenters. The van der Waals surface area contributed by atoms with Crippen LogP contribution >= 0.6 is 0 Å². The summed E-state index contributed by atoms with van der Waals surface area (Å²) < 4.78 is 5.56. The number of nitrogens with zero attached hydrogens (tertiary/aromatic N) is 1. The van der Waals surface area contributed by atoms with Gasteiger partial charge in [-0.25, -0.2) is 0 Å². The Labute approximate surface area is 147 Å². The van der Waals surface area contributed by atoms with Gasteiger partial charge in [0.1, 0.15) is 0 Å². The molecule has 7 heteroatoms. The summed E-state index contributed by atoms with van der Waals surface area (Å²) in [6.45, 7) is 0.846. The van der Waals surface area contributed by atoms with E-state index >= 15 is 0 Å². The summed E-state index contributed by atoms with van der Waals surface area (Å²) in [5, 5.41) is 3.05. The first-order valence-corrected chi connectivity index (χ1v) is 8.49. The van der Waals surface area contributed by atoms with Gasteiger partial charge < -0.3 is 4.74 Å². The van der Waals surface area contributed by atoms with Crippen LogP contribution in [0, 0.1) is 0 Å². The third-order valence-corrected chi connectivity index (χ3v) is 5.24. The highest BCUT2D eigenvalue weighted by atomic mass is 16.5. The van der Waals surface area contributed by atoms with Gasteiger partial charge in [-0.1, -0.05) is 0 Å². The van der Waals surface area contributed by atoms with Gasteiger partial charge in [0.15, 0.2) is 0 Å². The number of imide groups is 2. The lowest BCUT2D eigenvalue weighted by Gasteiger charge is -2.30. The van der Waals surface area contributed by atoms with Crippen molar-refractivity contribution in [1.29, 1.82) is 0 Å². The second-order valence-electron chi connectivity index (χ2n) is 6.71. The van der Waals surface area contributed by atoms with Crippen molar-refractivity contribution in [2.75, 3.05) is 13.2 Å². The molecule has 5 rings (SSSR count). The molecule has 0 saturated carbocycles. The maximum Gasteiger partial charge on any atom is 0.261 e. The van der Waals surface area contributed by atoms with E-state index in [4.69, 9.17) is 4.74 Å². The predicted octanol–water partition coefficient (Wildman–Crippen LogP) is 1.50. The summed E-state index contributed by atoms with van der Waals surface area (Å²) in [6.07, 6.45) is 1.58. The topological polar surface area (TPSA) is 92.8 Å². The van der Waals surface area contributed by atoms with Gasteiger partial charge in [0.25, 0.3) is 23.6 Å². The molecule has 3 heterocycles. The van der Waals surface area contributed by atoms with Crippen molar-refractivity contribution < 1.29 is 23.9 Å². The molecule has 2 aromatic rings. The van der Waals surface area contributed by atoms with Crippen LogP contribution in [-0.4, -0.2) is 47.8 Å². The molecule has 1 atom stereocenters. The molecule has 2 aromatic carbocycles. The molecule has 0 radical (unpaired) electrons. The Morgan fingerprint density at radius 2 is 1.42 bits per heavy atom. The maximum atomic E-state index is 13.0. The minimum absolute atomic E-state index is 0.148. The third kappa shape index (κ3) is 1.91. The van der Waals surface area contributed by atoms with Crippen LogP contribution in [0.4, 0.5) is 0 Å². The van der Waals surface area contributed by atoms with Crippen molar-refractivity contribution in [3.8, 4) is 0 Å². The van der Waals surface area contributed by atoms with Crippen LogP contribution in [0.2, 0.25) is 0 Å². The van der Waals surface area contributed by atoms with Crippen molar-refractivity contribution in [2.24, 2.45) is 0 Å². The minimum Gasteiger partial charge on any atom is -0.376 e. The SMILES string of the molecule is O=C1NC(=O)c2ccc3c4c(ccc1c24)C(=O)N(C[C@@H]1CCCO1)C3=O. The fourth-order valence-electron chi connectivity index (χ4n) is 4.01. The van der Waals surface area contributed by atoms with Crippen molar-refractivity contribution in [2.45, 2.75) is 18.9 Å². The van der Waals surface area contributed by atoms with Crippen LogP contribution in [-0.2, 0) is 4.74 Å². The number of nitrogens with one attached hydrogen (secondary N) is 1.